The van der Waals surface area contributed by atoms with Crippen molar-refractivity contribution in [1.29, 1.82) is 0 Å². The molecular weight excluding hydrogens is 412 g/mol. The number of amides is 4. The molecule has 1 heterocycles. The summed E-state index contributed by atoms with van der Waals surface area (Å²) in [5.74, 6) is -1.38. The lowest BCUT2D eigenvalue weighted by Crippen LogP contribution is -2.57. The predicted octanol–water partition coefficient (Wildman–Crippen LogP) is 5.54. The molecule has 0 radical (unpaired) electrons. The van der Waals surface area contributed by atoms with Gasteiger partial charge < -0.3 is 0 Å². The second-order valence-corrected chi connectivity index (χ2v) is 7.72. The quantitative estimate of drug-likeness (QED) is 0.405. The number of imide groups is 2. The van der Waals surface area contributed by atoms with E-state index in [1.54, 1.807) is 72.8 Å². The molecule has 4 rings (SSSR count). The number of nitrogens with zero attached hydrogens (tertiary/aromatic N) is 2. The highest BCUT2D eigenvalue weighted by Crippen LogP contribution is 2.31. The fraction of sp³-hybridized carbons (Fsp3) is 0.0800. The van der Waals surface area contributed by atoms with Crippen LogP contribution >= 0.6 is 11.6 Å². The molecule has 5 nitrogen and oxygen atoms in total. The molecule has 31 heavy (non-hydrogen) atoms. The maximum absolute atomic E-state index is 13.3. The largest absolute Gasteiger partial charge is 0.343 e. The van der Waals surface area contributed by atoms with Gasteiger partial charge in [-0.25, -0.2) is 14.6 Å². The van der Waals surface area contributed by atoms with Gasteiger partial charge in [0.25, 0.3) is 11.8 Å². The van der Waals surface area contributed by atoms with Gasteiger partial charge in [-0.2, -0.15) is 0 Å². The summed E-state index contributed by atoms with van der Waals surface area (Å²) < 4.78 is 0. The van der Waals surface area contributed by atoms with Crippen molar-refractivity contribution in [3.8, 4) is 0 Å². The molecule has 1 aliphatic rings. The van der Waals surface area contributed by atoms with Crippen LogP contribution in [-0.2, 0) is 9.59 Å². The molecule has 0 aromatic heterocycles. The standard InChI is InChI=1S/C25H19ClN2O3/c1-16-7-11-19(12-8-16)27-23(29)21(15-18-5-3-4-6-22(18)26)24(30)28(25(27)31)20-13-9-17(2)10-14-20/h3-15H,1-2H3. The van der Waals surface area contributed by atoms with E-state index in [9.17, 15) is 14.4 Å². The van der Waals surface area contributed by atoms with Crippen molar-refractivity contribution in [1.82, 2.24) is 0 Å². The molecule has 0 unspecified atom stereocenters. The highest BCUT2D eigenvalue weighted by Gasteiger charge is 2.43. The lowest BCUT2D eigenvalue weighted by atomic mass is 10.0. The predicted molar refractivity (Wildman–Crippen MR) is 122 cm³/mol. The highest BCUT2D eigenvalue weighted by molar-refractivity contribution is 6.46. The van der Waals surface area contributed by atoms with Crippen molar-refractivity contribution in [3.05, 3.63) is 100 Å². The third-order valence-corrected chi connectivity index (χ3v) is 5.38. The van der Waals surface area contributed by atoms with Crippen LogP contribution in [0.1, 0.15) is 16.7 Å². The fourth-order valence-corrected chi connectivity index (χ4v) is 3.51. The number of hydrogen-bond acceptors (Lipinski definition) is 3. The smallest absolute Gasteiger partial charge is 0.268 e. The summed E-state index contributed by atoms with van der Waals surface area (Å²) in [4.78, 5) is 42.0. The molecule has 154 valence electrons. The first-order valence-corrected chi connectivity index (χ1v) is 10.1. The van der Waals surface area contributed by atoms with Gasteiger partial charge in [0.2, 0.25) is 0 Å². The Bertz CT molecular complexity index is 1140. The van der Waals surface area contributed by atoms with E-state index in [0.29, 0.717) is 22.0 Å². The number of hydrogen-bond donors (Lipinski definition) is 0. The second-order valence-electron chi connectivity index (χ2n) is 7.31. The summed E-state index contributed by atoms with van der Waals surface area (Å²) >= 11 is 6.25. The number of benzene rings is 3. The number of aryl methyl sites for hydroxylation is 2. The van der Waals surface area contributed by atoms with E-state index >= 15 is 0 Å². The van der Waals surface area contributed by atoms with Crippen LogP contribution in [0.25, 0.3) is 6.08 Å². The van der Waals surface area contributed by atoms with Crippen molar-refractivity contribution >= 4 is 46.9 Å². The normalized spacial score (nSPS) is 14.3. The topological polar surface area (TPSA) is 57.7 Å². The monoisotopic (exact) mass is 430 g/mol. The maximum Gasteiger partial charge on any atom is 0.343 e. The van der Waals surface area contributed by atoms with Crippen molar-refractivity contribution in [3.63, 3.8) is 0 Å². The van der Waals surface area contributed by atoms with Crippen molar-refractivity contribution in [2.45, 2.75) is 13.8 Å². The Morgan fingerprint density at radius 3 is 1.58 bits per heavy atom. The minimum absolute atomic E-state index is 0.145. The highest BCUT2D eigenvalue weighted by atomic mass is 35.5. The van der Waals surface area contributed by atoms with Crippen LogP contribution in [0.2, 0.25) is 5.02 Å². The summed E-state index contributed by atoms with van der Waals surface area (Å²) in [5.41, 5.74) is 3.11. The summed E-state index contributed by atoms with van der Waals surface area (Å²) in [7, 11) is 0. The van der Waals surface area contributed by atoms with Gasteiger partial charge in [-0.15, -0.1) is 0 Å². The molecule has 0 bridgehead atoms. The number of barbiturate groups is 1. The summed E-state index contributed by atoms with van der Waals surface area (Å²) in [6, 6.07) is 20.1. The third-order valence-electron chi connectivity index (χ3n) is 5.04. The van der Waals surface area contributed by atoms with Gasteiger partial charge in [0.15, 0.2) is 0 Å². The third kappa shape index (κ3) is 3.88. The maximum atomic E-state index is 13.3. The lowest BCUT2D eigenvalue weighted by Gasteiger charge is -2.34. The first kappa shape index (κ1) is 20.6. The van der Waals surface area contributed by atoms with Crippen LogP contribution < -0.4 is 9.80 Å². The molecule has 4 amide bonds. The van der Waals surface area contributed by atoms with Crippen LogP contribution in [0.3, 0.4) is 0 Å². The summed E-state index contributed by atoms with van der Waals surface area (Å²) in [5, 5.41) is 0.399. The number of urea groups is 1. The van der Waals surface area contributed by atoms with E-state index < -0.39 is 17.8 Å². The average Bonchev–Trinajstić information content (AvgIpc) is 2.75. The van der Waals surface area contributed by atoms with E-state index in [4.69, 9.17) is 11.6 Å². The fourth-order valence-electron chi connectivity index (χ4n) is 3.32. The molecule has 1 fully saturated rings. The van der Waals surface area contributed by atoms with Crippen molar-refractivity contribution < 1.29 is 14.4 Å². The molecule has 6 heteroatoms. The van der Waals surface area contributed by atoms with Crippen LogP contribution in [0, 0.1) is 13.8 Å². The lowest BCUT2D eigenvalue weighted by molar-refractivity contribution is -0.121. The minimum Gasteiger partial charge on any atom is -0.268 e. The number of halogens is 1. The average molecular weight is 431 g/mol. The van der Waals surface area contributed by atoms with Gasteiger partial charge in [-0.1, -0.05) is 65.2 Å². The van der Waals surface area contributed by atoms with Crippen LogP contribution in [0.15, 0.2) is 78.4 Å². The van der Waals surface area contributed by atoms with Gasteiger partial charge in [0.05, 0.1) is 11.4 Å². The molecule has 1 saturated heterocycles. The zero-order valence-corrected chi connectivity index (χ0v) is 17.8. The molecule has 0 spiro atoms. The van der Waals surface area contributed by atoms with E-state index in [1.807, 2.05) is 13.8 Å². The van der Waals surface area contributed by atoms with E-state index in [0.717, 1.165) is 20.9 Å². The van der Waals surface area contributed by atoms with Gasteiger partial charge in [-0.3, -0.25) is 9.59 Å². The van der Waals surface area contributed by atoms with Crippen LogP contribution in [0.4, 0.5) is 16.2 Å². The van der Waals surface area contributed by atoms with Gasteiger partial charge in [0, 0.05) is 5.02 Å². The molecular formula is C25H19ClN2O3. The van der Waals surface area contributed by atoms with Crippen LogP contribution in [0.5, 0.6) is 0 Å². The van der Waals surface area contributed by atoms with E-state index in [2.05, 4.69) is 0 Å². The summed E-state index contributed by atoms with van der Waals surface area (Å²) in [6.07, 6.45) is 1.43. The van der Waals surface area contributed by atoms with Crippen LogP contribution in [-0.4, -0.2) is 17.8 Å². The zero-order chi connectivity index (χ0) is 22.1. The molecule has 0 aliphatic carbocycles. The van der Waals surface area contributed by atoms with Crippen molar-refractivity contribution in [2.24, 2.45) is 0 Å². The Morgan fingerprint density at radius 1 is 0.677 bits per heavy atom. The van der Waals surface area contributed by atoms with E-state index in [-0.39, 0.29) is 5.57 Å². The SMILES string of the molecule is Cc1ccc(N2C(=O)C(=Cc3ccccc3Cl)C(=O)N(c3ccc(C)cc3)C2=O)cc1. The van der Waals surface area contributed by atoms with Gasteiger partial charge in [0.1, 0.15) is 5.57 Å². The zero-order valence-electron chi connectivity index (χ0n) is 17.0. The molecule has 3 aromatic carbocycles. The minimum atomic E-state index is -0.723. The Kier molecular flexibility index (Phi) is 5.44. The Balaban J connectivity index is 1.88. The van der Waals surface area contributed by atoms with Crippen molar-refractivity contribution in [2.75, 3.05) is 9.80 Å². The first-order valence-electron chi connectivity index (χ1n) is 9.69. The molecule has 1 aliphatic heterocycles. The number of anilines is 2. The van der Waals surface area contributed by atoms with E-state index in [1.165, 1.54) is 6.08 Å². The molecule has 0 N–H and O–H groups in total. The number of carbonyl (C=O) groups excluding carboxylic acids is 3. The Labute approximate surface area is 185 Å². The summed E-state index contributed by atoms with van der Waals surface area (Å²) in [6.45, 7) is 3.82. The second kappa shape index (κ2) is 8.20. The Morgan fingerprint density at radius 2 is 1.13 bits per heavy atom. The van der Waals surface area contributed by atoms with Gasteiger partial charge >= 0.3 is 6.03 Å². The molecule has 0 atom stereocenters. The molecule has 0 saturated carbocycles. The number of rotatable bonds is 3. The first-order chi connectivity index (χ1) is 14.9. The Hall–Kier alpha value is -3.70. The molecule has 3 aromatic rings. The number of carbonyl (C=O) groups is 3. The van der Waals surface area contributed by atoms with Gasteiger partial charge in [-0.05, 0) is 55.8 Å².